The minimum absolute atomic E-state index is 0.0987. The molecule has 0 N–H and O–H groups in total. The fourth-order valence-electron chi connectivity index (χ4n) is 2.16. The van der Waals surface area contributed by atoms with Crippen molar-refractivity contribution in [1.29, 1.82) is 0 Å². The second kappa shape index (κ2) is 6.40. The Morgan fingerprint density at radius 3 is 2.40 bits per heavy atom. The number of tetrazole rings is 1. The maximum absolute atomic E-state index is 13.5. The van der Waals surface area contributed by atoms with Crippen LogP contribution in [0.5, 0.6) is 0 Å². The van der Waals surface area contributed by atoms with Gasteiger partial charge in [-0.1, -0.05) is 25.4 Å². The van der Waals surface area contributed by atoms with E-state index in [1.165, 1.54) is 4.68 Å². The molecule has 25 heavy (non-hydrogen) atoms. The quantitative estimate of drug-likeness (QED) is 0.701. The van der Waals surface area contributed by atoms with Gasteiger partial charge in [0.2, 0.25) is 0 Å². The van der Waals surface area contributed by atoms with Crippen LogP contribution in [-0.4, -0.2) is 30.2 Å². The molecule has 0 aliphatic rings. The highest BCUT2D eigenvalue weighted by atomic mass is 35.5. The van der Waals surface area contributed by atoms with Gasteiger partial charge in [-0.2, -0.15) is 17.9 Å². The summed E-state index contributed by atoms with van der Waals surface area (Å²) in [6.07, 6.45) is -3.57. The Balaban J connectivity index is 2.18. The van der Waals surface area contributed by atoms with Crippen LogP contribution in [0.4, 0.5) is 13.2 Å². The number of benzene rings is 1. The Morgan fingerprint density at radius 1 is 1.12 bits per heavy atom. The van der Waals surface area contributed by atoms with Gasteiger partial charge in [0.05, 0.1) is 11.3 Å². The lowest BCUT2D eigenvalue weighted by molar-refractivity contribution is -0.140. The first-order valence-corrected chi connectivity index (χ1v) is 7.64. The van der Waals surface area contributed by atoms with Gasteiger partial charge in [-0.15, -0.1) is 5.10 Å². The molecule has 0 atom stereocenters. The SMILES string of the molecule is CC(C)c1ncc(-c2nnnn2-c2ccc(Cl)cc2)c(C(F)(F)F)n1. The predicted molar refractivity (Wildman–Crippen MR) is 84.3 cm³/mol. The van der Waals surface area contributed by atoms with E-state index in [-0.39, 0.29) is 23.1 Å². The van der Waals surface area contributed by atoms with Crippen molar-refractivity contribution in [3.8, 4) is 17.1 Å². The summed E-state index contributed by atoms with van der Waals surface area (Å²) in [5.74, 6) is -0.256. The van der Waals surface area contributed by atoms with Gasteiger partial charge in [0.1, 0.15) is 5.82 Å². The van der Waals surface area contributed by atoms with E-state index in [4.69, 9.17) is 11.6 Å². The van der Waals surface area contributed by atoms with Crippen LogP contribution >= 0.6 is 11.6 Å². The van der Waals surface area contributed by atoms with Gasteiger partial charge in [-0.25, -0.2) is 9.97 Å². The van der Waals surface area contributed by atoms with Crippen molar-refractivity contribution in [2.45, 2.75) is 25.9 Å². The molecule has 0 aliphatic heterocycles. The lowest BCUT2D eigenvalue weighted by Gasteiger charge is -2.13. The summed E-state index contributed by atoms with van der Waals surface area (Å²) in [4.78, 5) is 7.70. The van der Waals surface area contributed by atoms with Gasteiger partial charge in [-0.05, 0) is 34.7 Å². The van der Waals surface area contributed by atoms with E-state index < -0.39 is 11.9 Å². The molecule has 3 rings (SSSR count). The smallest absolute Gasteiger partial charge is 0.240 e. The van der Waals surface area contributed by atoms with Crippen LogP contribution in [-0.2, 0) is 6.18 Å². The third-order valence-corrected chi connectivity index (χ3v) is 3.63. The Bertz CT molecular complexity index is 889. The molecular weight excluding hydrogens is 357 g/mol. The molecule has 2 heterocycles. The van der Waals surface area contributed by atoms with Crippen LogP contribution in [0.2, 0.25) is 5.02 Å². The molecule has 0 saturated carbocycles. The average molecular weight is 369 g/mol. The zero-order valence-electron chi connectivity index (χ0n) is 13.2. The maximum Gasteiger partial charge on any atom is 0.434 e. The molecular formula is C15H12ClF3N6. The molecule has 10 heteroatoms. The van der Waals surface area contributed by atoms with Crippen molar-refractivity contribution in [3.05, 3.63) is 47.0 Å². The summed E-state index contributed by atoms with van der Waals surface area (Å²) >= 11 is 5.83. The highest BCUT2D eigenvalue weighted by Crippen LogP contribution is 2.35. The van der Waals surface area contributed by atoms with Crippen molar-refractivity contribution in [3.63, 3.8) is 0 Å². The fraction of sp³-hybridized carbons (Fsp3) is 0.267. The average Bonchev–Trinajstić information content (AvgIpc) is 3.03. The fourth-order valence-corrected chi connectivity index (χ4v) is 2.29. The van der Waals surface area contributed by atoms with E-state index in [1.54, 1.807) is 38.1 Å². The van der Waals surface area contributed by atoms with E-state index in [9.17, 15) is 13.2 Å². The molecule has 1 aromatic carbocycles. The van der Waals surface area contributed by atoms with Gasteiger partial charge < -0.3 is 0 Å². The van der Waals surface area contributed by atoms with Crippen LogP contribution in [0.25, 0.3) is 17.1 Å². The molecule has 2 aromatic heterocycles. The first-order valence-electron chi connectivity index (χ1n) is 7.26. The van der Waals surface area contributed by atoms with E-state index in [0.29, 0.717) is 10.7 Å². The summed E-state index contributed by atoms with van der Waals surface area (Å²) in [6.45, 7) is 3.43. The molecule has 0 amide bonds. The summed E-state index contributed by atoms with van der Waals surface area (Å²) < 4.78 is 41.6. The van der Waals surface area contributed by atoms with Gasteiger partial charge in [-0.3, -0.25) is 0 Å². The second-order valence-corrected chi connectivity index (χ2v) is 5.97. The third-order valence-electron chi connectivity index (χ3n) is 3.37. The second-order valence-electron chi connectivity index (χ2n) is 5.53. The molecule has 3 aromatic rings. The Hall–Kier alpha value is -2.55. The Labute approximate surface area is 145 Å². The molecule has 0 radical (unpaired) electrons. The normalized spacial score (nSPS) is 12.0. The minimum atomic E-state index is -4.67. The first kappa shape index (κ1) is 17.3. The number of nitrogens with zero attached hydrogens (tertiary/aromatic N) is 6. The maximum atomic E-state index is 13.5. The Morgan fingerprint density at radius 2 is 1.80 bits per heavy atom. The lowest BCUT2D eigenvalue weighted by atomic mass is 10.1. The standard InChI is InChI=1S/C15H12ClF3N6/c1-8(2)13-20-7-11(12(21-13)15(17,18)19)14-22-23-24-25(14)10-5-3-9(16)4-6-10/h3-8H,1-2H3. The summed E-state index contributed by atoms with van der Waals surface area (Å²) in [6, 6.07) is 6.37. The van der Waals surface area contributed by atoms with Crippen molar-refractivity contribution in [2.24, 2.45) is 0 Å². The summed E-state index contributed by atoms with van der Waals surface area (Å²) in [7, 11) is 0. The first-order chi connectivity index (χ1) is 11.8. The molecule has 0 spiro atoms. The monoisotopic (exact) mass is 368 g/mol. The van der Waals surface area contributed by atoms with Crippen LogP contribution in [0.3, 0.4) is 0 Å². The van der Waals surface area contributed by atoms with E-state index in [1.807, 2.05) is 0 Å². The molecule has 130 valence electrons. The number of alkyl halides is 3. The minimum Gasteiger partial charge on any atom is -0.240 e. The number of halogens is 4. The van der Waals surface area contributed by atoms with E-state index in [0.717, 1.165) is 6.20 Å². The molecule has 0 unspecified atom stereocenters. The zero-order chi connectivity index (χ0) is 18.2. The molecule has 0 saturated heterocycles. The predicted octanol–water partition coefficient (Wildman–Crippen LogP) is 3.91. The number of hydrogen-bond donors (Lipinski definition) is 0. The lowest BCUT2D eigenvalue weighted by Crippen LogP contribution is -2.15. The largest absolute Gasteiger partial charge is 0.434 e. The molecule has 6 nitrogen and oxygen atoms in total. The summed E-state index contributed by atoms with van der Waals surface area (Å²) in [5.41, 5.74) is -0.904. The highest BCUT2D eigenvalue weighted by Gasteiger charge is 2.38. The number of rotatable bonds is 3. The van der Waals surface area contributed by atoms with Crippen LogP contribution in [0, 0.1) is 0 Å². The summed E-state index contributed by atoms with van der Waals surface area (Å²) in [5, 5.41) is 11.5. The van der Waals surface area contributed by atoms with E-state index in [2.05, 4.69) is 25.5 Å². The third kappa shape index (κ3) is 3.46. The van der Waals surface area contributed by atoms with Crippen LogP contribution < -0.4 is 0 Å². The van der Waals surface area contributed by atoms with Gasteiger partial charge in [0.25, 0.3) is 0 Å². The molecule has 0 fully saturated rings. The van der Waals surface area contributed by atoms with Crippen LogP contribution in [0.1, 0.15) is 31.3 Å². The van der Waals surface area contributed by atoms with E-state index >= 15 is 0 Å². The van der Waals surface area contributed by atoms with Gasteiger partial charge in [0.15, 0.2) is 11.5 Å². The van der Waals surface area contributed by atoms with Crippen molar-refractivity contribution < 1.29 is 13.2 Å². The van der Waals surface area contributed by atoms with Crippen molar-refractivity contribution in [2.75, 3.05) is 0 Å². The number of hydrogen-bond acceptors (Lipinski definition) is 5. The highest BCUT2D eigenvalue weighted by molar-refractivity contribution is 6.30. The zero-order valence-corrected chi connectivity index (χ0v) is 13.9. The van der Waals surface area contributed by atoms with Crippen molar-refractivity contribution in [1.82, 2.24) is 30.2 Å². The van der Waals surface area contributed by atoms with Gasteiger partial charge in [0, 0.05) is 17.1 Å². The van der Waals surface area contributed by atoms with Gasteiger partial charge >= 0.3 is 6.18 Å². The number of aromatic nitrogens is 6. The molecule has 0 bridgehead atoms. The van der Waals surface area contributed by atoms with Crippen molar-refractivity contribution >= 4 is 11.6 Å². The van der Waals surface area contributed by atoms with Crippen LogP contribution in [0.15, 0.2) is 30.5 Å². The topological polar surface area (TPSA) is 69.4 Å². The molecule has 0 aliphatic carbocycles. The Kier molecular flexibility index (Phi) is 4.42.